The van der Waals surface area contributed by atoms with E-state index in [0.29, 0.717) is 5.69 Å². The van der Waals surface area contributed by atoms with E-state index in [1.54, 1.807) is 12.3 Å². The summed E-state index contributed by atoms with van der Waals surface area (Å²) in [5, 5.41) is 2.71. The molecular weight excluding hydrogens is 226 g/mol. The molecule has 4 nitrogen and oxygen atoms in total. The molecule has 0 aliphatic rings. The minimum absolute atomic E-state index is 0.0522. The normalized spacial score (nSPS) is 10.2. The van der Waals surface area contributed by atoms with E-state index in [9.17, 15) is 8.78 Å². The first-order valence-electron chi connectivity index (χ1n) is 4.90. The van der Waals surface area contributed by atoms with Crippen molar-refractivity contribution in [2.75, 3.05) is 11.1 Å². The highest BCUT2D eigenvalue weighted by atomic mass is 19.2. The fourth-order valence-corrected chi connectivity index (χ4v) is 1.35. The SMILES string of the molecule is Nc1ccc(F)c(F)c1NCc1ccncn1. The van der Waals surface area contributed by atoms with Crippen molar-refractivity contribution in [2.45, 2.75) is 6.54 Å². The summed E-state index contributed by atoms with van der Waals surface area (Å²) in [6.07, 6.45) is 2.94. The average molecular weight is 236 g/mol. The van der Waals surface area contributed by atoms with Gasteiger partial charge in [-0.1, -0.05) is 0 Å². The minimum atomic E-state index is -0.987. The van der Waals surface area contributed by atoms with Crippen LogP contribution in [-0.2, 0) is 6.54 Å². The van der Waals surface area contributed by atoms with Crippen LogP contribution in [0.4, 0.5) is 20.2 Å². The van der Waals surface area contributed by atoms with Crippen molar-refractivity contribution >= 4 is 11.4 Å². The maximum atomic E-state index is 13.4. The highest BCUT2D eigenvalue weighted by molar-refractivity contribution is 5.66. The van der Waals surface area contributed by atoms with E-state index >= 15 is 0 Å². The lowest BCUT2D eigenvalue weighted by Gasteiger charge is -2.10. The van der Waals surface area contributed by atoms with Crippen LogP contribution in [0.25, 0.3) is 0 Å². The number of nitrogen functional groups attached to an aromatic ring is 1. The molecule has 3 N–H and O–H groups in total. The summed E-state index contributed by atoms with van der Waals surface area (Å²) in [5.74, 6) is -1.93. The predicted molar refractivity (Wildman–Crippen MR) is 60.1 cm³/mol. The number of nitrogens with one attached hydrogen (secondary N) is 1. The van der Waals surface area contributed by atoms with E-state index in [1.165, 1.54) is 12.4 Å². The average Bonchev–Trinajstić information content (AvgIpc) is 2.35. The molecule has 0 bridgehead atoms. The van der Waals surface area contributed by atoms with Crippen molar-refractivity contribution in [3.05, 3.63) is 48.1 Å². The summed E-state index contributed by atoms with van der Waals surface area (Å²) in [6, 6.07) is 3.96. The molecule has 0 fully saturated rings. The summed E-state index contributed by atoms with van der Waals surface area (Å²) in [7, 11) is 0. The monoisotopic (exact) mass is 236 g/mol. The molecule has 1 heterocycles. The Balaban J connectivity index is 2.17. The van der Waals surface area contributed by atoms with Crippen LogP contribution >= 0.6 is 0 Å². The van der Waals surface area contributed by atoms with Crippen molar-refractivity contribution < 1.29 is 8.78 Å². The molecule has 1 aromatic heterocycles. The Kier molecular flexibility index (Phi) is 3.13. The van der Waals surface area contributed by atoms with Gasteiger partial charge in [0.1, 0.15) is 6.33 Å². The summed E-state index contributed by atoms with van der Waals surface area (Å²) < 4.78 is 26.4. The number of hydrogen-bond acceptors (Lipinski definition) is 4. The van der Waals surface area contributed by atoms with Gasteiger partial charge in [0.05, 0.1) is 23.6 Å². The van der Waals surface area contributed by atoms with Crippen molar-refractivity contribution in [1.82, 2.24) is 9.97 Å². The Morgan fingerprint density at radius 3 is 2.76 bits per heavy atom. The Labute approximate surface area is 96.5 Å². The third-order valence-corrected chi connectivity index (χ3v) is 2.22. The number of hydrogen-bond donors (Lipinski definition) is 2. The van der Waals surface area contributed by atoms with Gasteiger partial charge in [0.25, 0.3) is 0 Å². The van der Waals surface area contributed by atoms with Gasteiger partial charge in [-0.2, -0.15) is 0 Å². The summed E-state index contributed by atoms with van der Waals surface area (Å²) in [6.45, 7) is 0.243. The third-order valence-electron chi connectivity index (χ3n) is 2.22. The topological polar surface area (TPSA) is 63.8 Å². The van der Waals surface area contributed by atoms with Gasteiger partial charge in [0, 0.05) is 6.20 Å². The summed E-state index contributed by atoms with van der Waals surface area (Å²) in [4.78, 5) is 7.70. The number of nitrogens with two attached hydrogens (primary N) is 1. The molecule has 0 amide bonds. The zero-order chi connectivity index (χ0) is 12.3. The van der Waals surface area contributed by atoms with Gasteiger partial charge < -0.3 is 11.1 Å². The second kappa shape index (κ2) is 4.73. The van der Waals surface area contributed by atoms with E-state index in [-0.39, 0.29) is 17.9 Å². The molecule has 1 aromatic carbocycles. The van der Waals surface area contributed by atoms with Gasteiger partial charge >= 0.3 is 0 Å². The maximum absolute atomic E-state index is 13.4. The molecular formula is C11H10F2N4. The molecule has 0 spiro atoms. The zero-order valence-electron chi connectivity index (χ0n) is 8.82. The fourth-order valence-electron chi connectivity index (χ4n) is 1.35. The van der Waals surface area contributed by atoms with Gasteiger partial charge in [0.15, 0.2) is 11.6 Å². The number of rotatable bonds is 3. The molecule has 2 rings (SSSR count). The fraction of sp³-hybridized carbons (Fsp3) is 0.0909. The van der Waals surface area contributed by atoms with E-state index < -0.39 is 11.6 Å². The number of benzene rings is 1. The van der Waals surface area contributed by atoms with Gasteiger partial charge in [-0.15, -0.1) is 0 Å². The van der Waals surface area contributed by atoms with Crippen LogP contribution in [0.15, 0.2) is 30.7 Å². The molecule has 88 valence electrons. The molecule has 0 aliphatic heterocycles. The number of nitrogens with zero attached hydrogens (tertiary/aromatic N) is 2. The molecule has 6 heteroatoms. The molecule has 0 radical (unpaired) electrons. The standard InChI is InChI=1S/C11H10F2N4/c12-8-1-2-9(14)11(10(8)13)16-5-7-3-4-15-6-17-7/h1-4,6,16H,5,14H2. The lowest BCUT2D eigenvalue weighted by atomic mass is 10.2. The van der Waals surface area contributed by atoms with Gasteiger partial charge in [-0.05, 0) is 18.2 Å². The van der Waals surface area contributed by atoms with Crippen molar-refractivity contribution in [3.63, 3.8) is 0 Å². The van der Waals surface area contributed by atoms with Gasteiger partial charge in [0.2, 0.25) is 0 Å². The first-order valence-corrected chi connectivity index (χ1v) is 4.90. The van der Waals surface area contributed by atoms with Crippen molar-refractivity contribution in [2.24, 2.45) is 0 Å². The molecule has 0 saturated carbocycles. The molecule has 2 aromatic rings. The molecule has 17 heavy (non-hydrogen) atoms. The van der Waals surface area contributed by atoms with Gasteiger partial charge in [-0.25, -0.2) is 18.7 Å². The van der Waals surface area contributed by atoms with Crippen LogP contribution in [0.5, 0.6) is 0 Å². The predicted octanol–water partition coefficient (Wildman–Crippen LogP) is 1.95. The summed E-state index contributed by atoms with van der Waals surface area (Å²) >= 11 is 0. The maximum Gasteiger partial charge on any atom is 0.183 e. The van der Waals surface area contributed by atoms with Crippen LogP contribution in [0.1, 0.15) is 5.69 Å². The number of anilines is 2. The first kappa shape index (κ1) is 11.3. The Morgan fingerprint density at radius 2 is 2.06 bits per heavy atom. The number of halogens is 2. The smallest absolute Gasteiger partial charge is 0.183 e. The first-order chi connectivity index (χ1) is 8.18. The molecule has 0 aliphatic carbocycles. The van der Waals surface area contributed by atoms with Crippen molar-refractivity contribution in [3.8, 4) is 0 Å². The Morgan fingerprint density at radius 1 is 1.24 bits per heavy atom. The van der Waals surface area contributed by atoms with E-state index in [1.807, 2.05) is 0 Å². The highest BCUT2D eigenvalue weighted by Crippen LogP contribution is 2.24. The quantitative estimate of drug-likeness (QED) is 0.799. The van der Waals surface area contributed by atoms with Crippen LogP contribution in [0, 0.1) is 11.6 Å². The van der Waals surface area contributed by atoms with E-state index in [2.05, 4.69) is 15.3 Å². The number of aromatic nitrogens is 2. The zero-order valence-corrected chi connectivity index (χ0v) is 8.82. The minimum Gasteiger partial charge on any atom is -0.397 e. The summed E-state index contributed by atoms with van der Waals surface area (Å²) in [5.41, 5.74) is 6.31. The largest absolute Gasteiger partial charge is 0.397 e. The molecule has 0 unspecified atom stereocenters. The van der Waals surface area contributed by atoms with E-state index in [0.717, 1.165) is 6.07 Å². The molecule has 0 saturated heterocycles. The Bertz CT molecular complexity index is 516. The highest BCUT2D eigenvalue weighted by Gasteiger charge is 2.11. The van der Waals surface area contributed by atoms with Crippen LogP contribution < -0.4 is 11.1 Å². The van der Waals surface area contributed by atoms with Crippen LogP contribution in [0.2, 0.25) is 0 Å². The van der Waals surface area contributed by atoms with Crippen molar-refractivity contribution in [1.29, 1.82) is 0 Å². The lowest BCUT2D eigenvalue weighted by Crippen LogP contribution is -2.07. The lowest BCUT2D eigenvalue weighted by molar-refractivity contribution is 0.511. The second-order valence-electron chi connectivity index (χ2n) is 3.38. The third kappa shape index (κ3) is 2.47. The van der Waals surface area contributed by atoms with Crippen LogP contribution in [-0.4, -0.2) is 9.97 Å². The second-order valence-corrected chi connectivity index (χ2v) is 3.38. The van der Waals surface area contributed by atoms with Gasteiger partial charge in [-0.3, -0.25) is 0 Å². The van der Waals surface area contributed by atoms with E-state index in [4.69, 9.17) is 5.73 Å². The Hall–Kier alpha value is -2.24. The molecule has 0 atom stereocenters. The van der Waals surface area contributed by atoms with Crippen LogP contribution in [0.3, 0.4) is 0 Å².